The Hall–Kier alpha value is -17.3. The van der Waals surface area contributed by atoms with Crippen molar-refractivity contribution in [3.8, 4) is 135 Å². The maximum absolute atomic E-state index is 5.29. The third-order valence-corrected chi connectivity index (χ3v) is 34.6. The molecule has 0 aliphatic heterocycles. The second-order valence-corrected chi connectivity index (χ2v) is 42.2. The zero-order chi connectivity index (χ0) is 94.8. The van der Waals surface area contributed by atoms with Crippen LogP contribution in [0.15, 0.2) is 455 Å². The topological polar surface area (TPSA) is 116 Å². The van der Waals surface area contributed by atoms with Crippen LogP contribution in [-0.4, -0.2) is 44.9 Å². The van der Waals surface area contributed by atoms with E-state index in [2.05, 4.69) is 413 Å². The van der Waals surface area contributed by atoms with Crippen molar-refractivity contribution in [2.24, 2.45) is 0 Å². The SMILES string of the molecule is c1ccc(-c2cc(-c3cccc4c3sc3ccccc34)nc(-c3ccc(-c4nc5ccccc5c5sc6ccccc6c45)cc3)n2)cc1.c1ccc(-c2nc(-c3ccc(-c4nc5ccccc5c5sc6ccccc6c45)cc3)cc(-c3cccc4c3sc3ccccc34)n2)cc1.c1ccc(-c2nc(-c3cccc(-c4nc5ccccc5c5sc6ccccc6c45)c3)cc(-c3cccc4c3sc3ccccc34)n2)cc1. The van der Waals surface area contributed by atoms with Gasteiger partial charge in [0.1, 0.15) is 0 Å². The van der Waals surface area contributed by atoms with Crippen molar-refractivity contribution in [1.82, 2.24) is 44.9 Å². The summed E-state index contributed by atoms with van der Waals surface area (Å²) in [6.45, 7) is 0. The van der Waals surface area contributed by atoms with E-state index in [1.54, 1.807) is 0 Å². The lowest BCUT2D eigenvalue weighted by Crippen LogP contribution is -1.96. The summed E-state index contributed by atoms with van der Waals surface area (Å²) in [6, 6.07) is 160. The van der Waals surface area contributed by atoms with Crippen molar-refractivity contribution in [1.29, 1.82) is 0 Å². The first kappa shape index (κ1) is 84.8. The number of thiophene rings is 6. The lowest BCUT2D eigenvalue weighted by atomic mass is 9.99. The molecule has 0 amide bonds. The highest BCUT2D eigenvalue weighted by molar-refractivity contribution is 7.29. The molecule has 0 saturated carbocycles. The fourth-order valence-corrected chi connectivity index (χ4v) is 27.9. The molecule has 0 spiro atoms. The van der Waals surface area contributed by atoms with E-state index in [9.17, 15) is 0 Å². The van der Waals surface area contributed by atoms with Gasteiger partial charge in [-0.1, -0.05) is 376 Å². The molecule has 0 bridgehead atoms. The van der Waals surface area contributed by atoms with Crippen LogP contribution in [0.2, 0.25) is 0 Å². The van der Waals surface area contributed by atoms with Gasteiger partial charge in [-0.3, -0.25) is 0 Å². The second kappa shape index (κ2) is 35.5. The summed E-state index contributed by atoms with van der Waals surface area (Å²) < 4.78 is 15.2. The number of fused-ring (bicyclic) bond motifs is 24. The van der Waals surface area contributed by atoms with Crippen LogP contribution in [0.4, 0.5) is 0 Å². The molecular weight excluding hydrogens is 1870 g/mol. The Bertz CT molecular complexity index is 9990. The summed E-state index contributed by atoms with van der Waals surface area (Å²) in [4.78, 5) is 46.8. The number of hydrogen-bond donors (Lipinski definition) is 0. The summed E-state index contributed by atoms with van der Waals surface area (Å²) in [5.41, 5.74) is 24.1. The number of aromatic nitrogens is 9. The molecule has 0 aliphatic carbocycles. The molecule has 672 valence electrons. The van der Waals surface area contributed by atoms with E-state index in [4.69, 9.17) is 44.9 Å². The van der Waals surface area contributed by atoms with E-state index in [1.807, 2.05) is 110 Å². The van der Waals surface area contributed by atoms with E-state index >= 15 is 0 Å². The van der Waals surface area contributed by atoms with E-state index in [-0.39, 0.29) is 0 Å². The minimum atomic E-state index is 0.702. The van der Waals surface area contributed by atoms with Crippen LogP contribution < -0.4 is 0 Å². The van der Waals surface area contributed by atoms with Gasteiger partial charge in [0.15, 0.2) is 17.5 Å². The van der Waals surface area contributed by atoms with Crippen molar-refractivity contribution in [3.63, 3.8) is 0 Å². The predicted molar refractivity (Wildman–Crippen MR) is 615 cm³/mol. The number of pyridine rings is 3. The molecule has 0 N–H and O–H groups in total. The van der Waals surface area contributed by atoms with Crippen LogP contribution in [0.3, 0.4) is 0 Å². The molecule has 15 heteroatoms. The first-order chi connectivity index (χ1) is 71.3. The maximum atomic E-state index is 5.29. The summed E-state index contributed by atoms with van der Waals surface area (Å²) in [5.74, 6) is 2.13. The number of para-hydroxylation sites is 3. The normalized spacial score (nSPS) is 11.8. The van der Waals surface area contributed by atoms with E-state index in [0.717, 1.165) is 135 Å². The van der Waals surface area contributed by atoms with Gasteiger partial charge in [-0.05, 0) is 78.9 Å². The van der Waals surface area contributed by atoms with E-state index in [1.165, 1.54) is 137 Å². The quantitative estimate of drug-likeness (QED) is 0.118. The van der Waals surface area contributed by atoms with Crippen molar-refractivity contribution >= 4 is 222 Å². The minimum Gasteiger partial charge on any atom is -0.247 e. The van der Waals surface area contributed by atoms with Gasteiger partial charge in [0.05, 0.1) is 67.8 Å². The van der Waals surface area contributed by atoms with Crippen LogP contribution >= 0.6 is 68.0 Å². The van der Waals surface area contributed by atoms with Gasteiger partial charge in [-0.25, -0.2) is 44.9 Å². The molecule has 0 unspecified atom stereocenters. The van der Waals surface area contributed by atoms with Crippen molar-refractivity contribution in [2.75, 3.05) is 0 Å². The Kier molecular flexibility index (Phi) is 20.9. The molecule has 144 heavy (non-hydrogen) atoms. The summed E-state index contributed by atoms with van der Waals surface area (Å²) in [5, 5.41) is 18.6. The van der Waals surface area contributed by atoms with Crippen LogP contribution in [0.5, 0.6) is 0 Å². The minimum absolute atomic E-state index is 0.702. The van der Waals surface area contributed by atoms with Crippen molar-refractivity contribution in [2.45, 2.75) is 0 Å². The average Bonchev–Trinajstić information content (AvgIpc) is 1.62. The van der Waals surface area contributed by atoms with Gasteiger partial charge in [0.25, 0.3) is 0 Å². The number of rotatable bonds is 12. The zero-order valence-corrected chi connectivity index (χ0v) is 81.7. The molecule has 0 fully saturated rings. The number of hydrogen-bond acceptors (Lipinski definition) is 15. The second-order valence-electron chi connectivity index (χ2n) is 35.9. The third-order valence-electron chi connectivity index (χ3n) is 27.3. The van der Waals surface area contributed by atoms with Gasteiger partial charge in [-0.15, -0.1) is 68.0 Å². The first-order valence-corrected chi connectivity index (χ1v) is 52.7. The van der Waals surface area contributed by atoms with Crippen LogP contribution in [-0.2, 0) is 0 Å². The largest absolute Gasteiger partial charge is 0.247 e. The Balaban J connectivity index is 0.000000105. The smallest absolute Gasteiger partial charge is 0.160 e. The average molecular weight is 1940 g/mol. The highest BCUT2D eigenvalue weighted by Crippen LogP contribution is 2.51. The van der Waals surface area contributed by atoms with E-state index < -0.39 is 0 Å². The van der Waals surface area contributed by atoms with Crippen molar-refractivity contribution in [3.05, 3.63) is 455 Å². The summed E-state index contributed by atoms with van der Waals surface area (Å²) >= 11 is 11.0. The highest BCUT2D eigenvalue weighted by atomic mass is 32.1. The molecule has 12 heterocycles. The summed E-state index contributed by atoms with van der Waals surface area (Å²) in [6.07, 6.45) is 0. The van der Waals surface area contributed by atoms with Gasteiger partial charge in [0.2, 0.25) is 0 Å². The lowest BCUT2D eigenvalue weighted by Gasteiger charge is -2.12. The Labute approximate surface area is 849 Å². The molecule has 0 saturated heterocycles. The molecule has 9 nitrogen and oxygen atoms in total. The van der Waals surface area contributed by atoms with Crippen LogP contribution in [0, 0.1) is 0 Å². The van der Waals surface area contributed by atoms with Crippen LogP contribution in [0.25, 0.3) is 289 Å². The maximum Gasteiger partial charge on any atom is 0.160 e. The standard InChI is InChI=1S/3C43H25N3S2/c1-2-12-26(13-3-1)43-45-35(25-36(46-43)32-20-11-19-30-29-16-5-8-22-37(29)47-41(30)32)27-14-10-15-28(24-27)40-39-33-18-6-9-23-38(33)48-42(39)31-17-4-7-21-34(31)44-40;1-2-11-28(12-3-1)43-45-35(25-36(46-43)32-17-10-16-30-29-13-5-8-19-37(29)47-41(30)32)26-21-23-27(24-22-26)40-39-33-15-6-9-20-38(33)48-42(39)31-14-4-7-18-34(31)44-40;1-2-11-26(12-3-1)35-25-36(32-17-10-16-30-29-13-5-8-19-37(29)47-41(30)32)46-43(45-35)28-23-21-27(22-24-28)40-39-33-15-6-9-20-38(33)48-42(39)31-14-4-7-18-34(31)44-40/h3*1-25H. The Morgan fingerprint density at radius 2 is 0.361 bits per heavy atom. The Morgan fingerprint density at radius 3 is 0.722 bits per heavy atom. The molecule has 30 aromatic rings. The number of benzene rings is 18. The van der Waals surface area contributed by atoms with E-state index in [0.29, 0.717) is 17.5 Å². The monoisotopic (exact) mass is 1940 g/mol. The van der Waals surface area contributed by atoms with Gasteiger partial charge in [-0.2, -0.15) is 0 Å². The van der Waals surface area contributed by atoms with Gasteiger partial charge >= 0.3 is 0 Å². The molecule has 0 atom stereocenters. The summed E-state index contributed by atoms with van der Waals surface area (Å²) in [7, 11) is 0. The highest BCUT2D eigenvalue weighted by Gasteiger charge is 2.26. The fourth-order valence-electron chi connectivity index (χ4n) is 20.5. The van der Waals surface area contributed by atoms with Crippen LogP contribution in [0.1, 0.15) is 0 Å². The Morgan fingerprint density at radius 1 is 0.132 bits per heavy atom. The predicted octanol–water partition coefficient (Wildman–Crippen LogP) is 37.3. The molecule has 30 rings (SSSR count). The third kappa shape index (κ3) is 14.9. The van der Waals surface area contributed by atoms with Gasteiger partial charge < -0.3 is 0 Å². The molecule has 12 aromatic heterocycles. The molecule has 0 radical (unpaired) electrons. The van der Waals surface area contributed by atoms with Crippen molar-refractivity contribution < 1.29 is 0 Å². The number of nitrogens with zero attached hydrogens (tertiary/aromatic N) is 9. The lowest BCUT2D eigenvalue weighted by molar-refractivity contribution is 1.18. The molecule has 18 aromatic carbocycles. The van der Waals surface area contributed by atoms with Gasteiger partial charge in [0, 0.05) is 204 Å². The molecular formula is C129H75N9S6. The molecule has 0 aliphatic rings. The zero-order valence-electron chi connectivity index (χ0n) is 76.8. The fraction of sp³-hybridized carbons (Fsp3) is 0. The first-order valence-electron chi connectivity index (χ1n) is 47.8.